The molecule has 1 amide bonds. The van der Waals surface area contributed by atoms with Gasteiger partial charge in [-0.2, -0.15) is 0 Å². The van der Waals surface area contributed by atoms with Crippen LogP contribution in [0.25, 0.3) is 33.1 Å². The van der Waals surface area contributed by atoms with Crippen LogP contribution < -0.4 is 11.3 Å². The zero-order chi connectivity index (χ0) is 20.0. The van der Waals surface area contributed by atoms with E-state index in [2.05, 4.69) is 27.0 Å². The maximum atomic E-state index is 12.6. The molecule has 1 saturated heterocycles. The van der Waals surface area contributed by atoms with Gasteiger partial charge in [-0.05, 0) is 60.7 Å². The number of primary amides is 1. The summed E-state index contributed by atoms with van der Waals surface area (Å²) >= 11 is 0. The molecule has 6 heteroatoms. The average Bonchev–Trinajstić information content (AvgIpc) is 3.34. The van der Waals surface area contributed by atoms with Crippen molar-refractivity contribution in [2.75, 3.05) is 6.54 Å². The van der Waals surface area contributed by atoms with Crippen LogP contribution >= 0.6 is 0 Å². The van der Waals surface area contributed by atoms with Crippen molar-refractivity contribution >= 4 is 27.7 Å². The summed E-state index contributed by atoms with van der Waals surface area (Å²) in [6.45, 7) is 1.58. The van der Waals surface area contributed by atoms with Crippen molar-refractivity contribution in [1.29, 1.82) is 0 Å². The van der Waals surface area contributed by atoms with Gasteiger partial charge in [-0.1, -0.05) is 24.3 Å². The Hall–Kier alpha value is -3.38. The molecule has 0 radical (unpaired) electrons. The second kappa shape index (κ2) is 6.90. The van der Waals surface area contributed by atoms with Crippen molar-refractivity contribution in [3.05, 3.63) is 70.5 Å². The Bertz CT molecular complexity index is 1290. The SMILES string of the molecule is NC(=O)C1CCCN1Cc1ccc2[nH]c(-c3cc4ccccc4[nH]c3=O)cc2c1. The number of benzene rings is 2. The average molecular weight is 386 g/mol. The van der Waals surface area contributed by atoms with Gasteiger partial charge in [0.05, 0.1) is 17.3 Å². The summed E-state index contributed by atoms with van der Waals surface area (Å²) in [6, 6.07) is 17.7. The van der Waals surface area contributed by atoms with E-state index in [0.29, 0.717) is 12.1 Å². The molecule has 29 heavy (non-hydrogen) atoms. The second-order valence-corrected chi connectivity index (χ2v) is 7.73. The first-order chi connectivity index (χ1) is 14.1. The van der Waals surface area contributed by atoms with Gasteiger partial charge in [-0.25, -0.2) is 0 Å². The number of aromatic nitrogens is 2. The number of rotatable bonds is 4. The first kappa shape index (κ1) is 17.7. The molecule has 3 heterocycles. The van der Waals surface area contributed by atoms with E-state index in [1.54, 1.807) is 0 Å². The monoisotopic (exact) mass is 386 g/mol. The van der Waals surface area contributed by atoms with Gasteiger partial charge in [0.15, 0.2) is 0 Å². The quantitative estimate of drug-likeness (QED) is 0.503. The van der Waals surface area contributed by atoms with Crippen molar-refractivity contribution in [2.45, 2.75) is 25.4 Å². The third-order valence-corrected chi connectivity index (χ3v) is 5.81. The molecule has 1 aliphatic heterocycles. The number of H-pyrrole nitrogens is 2. The van der Waals surface area contributed by atoms with Gasteiger partial charge in [0.25, 0.3) is 5.56 Å². The van der Waals surface area contributed by atoms with E-state index in [9.17, 15) is 9.59 Å². The van der Waals surface area contributed by atoms with Gasteiger partial charge < -0.3 is 15.7 Å². The van der Waals surface area contributed by atoms with Crippen molar-refractivity contribution in [3.8, 4) is 11.3 Å². The number of nitrogens with one attached hydrogen (secondary N) is 2. The number of nitrogens with two attached hydrogens (primary N) is 1. The first-order valence-corrected chi connectivity index (χ1v) is 9.86. The minimum atomic E-state index is -0.247. The molecule has 1 aliphatic rings. The van der Waals surface area contributed by atoms with Crippen LogP contribution in [0.3, 0.4) is 0 Å². The molecule has 0 spiro atoms. The summed E-state index contributed by atoms with van der Waals surface area (Å²) < 4.78 is 0. The van der Waals surface area contributed by atoms with E-state index < -0.39 is 0 Å². The summed E-state index contributed by atoms with van der Waals surface area (Å²) in [6.07, 6.45) is 1.82. The number of hydrogen-bond acceptors (Lipinski definition) is 3. The molecule has 146 valence electrons. The number of carbonyl (C=O) groups is 1. The van der Waals surface area contributed by atoms with E-state index in [4.69, 9.17) is 5.73 Å². The molecule has 1 atom stereocenters. The Kier molecular flexibility index (Phi) is 4.21. The van der Waals surface area contributed by atoms with Crippen molar-refractivity contribution in [1.82, 2.24) is 14.9 Å². The zero-order valence-corrected chi connectivity index (χ0v) is 15.9. The van der Waals surface area contributed by atoms with Crippen LogP contribution in [0, 0.1) is 0 Å². The number of nitrogens with zero attached hydrogens (tertiary/aromatic N) is 1. The maximum absolute atomic E-state index is 12.6. The minimum Gasteiger partial charge on any atom is -0.368 e. The summed E-state index contributed by atoms with van der Waals surface area (Å²) in [5.41, 5.74) is 9.77. The minimum absolute atomic E-state index is 0.114. The molecule has 0 saturated carbocycles. The molecule has 2 aromatic heterocycles. The maximum Gasteiger partial charge on any atom is 0.257 e. The van der Waals surface area contributed by atoms with E-state index in [0.717, 1.165) is 52.4 Å². The van der Waals surface area contributed by atoms with Crippen LogP contribution in [0.5, 0.6) is 0 Å². The molecule has 4 aromatic rings. The molecule has 0 aliphatic carbocycles. The van der Waals surface area contributed by atoms with Gasteiger partial charge >= 0.3 is 0 Å². The Balaban J connectivity index is 1.49. The zero-order valence-electron chi connectivity index (χ0n) is 15.9. The lowest BCUT2D eigenvalue weighted by Crippen LogP contribution is -2.39. The van der Waals surface area contributed by atoms with Gasteiger partial charge in [-0.15, -0.1) is 0 Å². The standard InChI is InChI=1S/C23H22N4O2/c24-22(28)21-6-3-9-27(21)13-14-7-8-19-16(10-14)12-20(25-19)17-11-15-4-1-2-5-18(15)26-23(17)29/h1-2,4-5,7-8,10-12,21,25H,3,6,9,13H2,(H2,24,28)(H,26,29). The summed E-state index contributed by atoms with van der Waals surface area (Å²) in [4.78, 5) is 32.7. The smallest absolute Gasteiger partial charge is 0.257 e. The second-order valence-electron chi connectivity index (χ2n) is 7.73. The van der Waals surface area contributed by atoms with Crippen LogP contribution in [0.15, 0.2) is 59.4 Å². The molecule has 5 rings (SSSR count). The highest BCUT2D eigenvalue weighted by Gasteiger charge is 2.28. The number of pyridine rings is 1. The van der Waals surface area contributed by atoms with Crippen LogP contribution in [0.2, 0.25) is 0 Å². The third kappa shape index (κ3) is 3.21. The fourth-order valence-electron chi connectivity index (χ4n) is 4.35. The number of fused-ring (bicyclic) bond motifs is 2. The molecule has 0 bridgehead atoms. The molecule has 1 fully saturated rings. The fourth-order valence-corrected chi connectivity index (χ4v) is 4.35. The highest BCUT2D eigenvalue weighted by atomic mass is 16.1. The first-order valence-electron chi connectivity index (χ1n) is 9.86. The van der Waals surface area contributed by atoms with Gasteiger partial charge in [0.2, 0.25) is 5.91 Å². The van der Waals surface area contributed by atoms with Gasteiger partial charge in [0, 0.05) is 23.0 Å². The number of hydrogen-bond donors (Lipinski definition) is 3. The van der Waals surface area contributed by atoms with E-state index in [-0.39, 0.29) is 17.5 Å². The predicted molar refractivity (Wildman–Crippen MR) is 114 cm³/mol. The van der Waals surface area contributed by atoms with Crippen LogP contribution in [0.1, 0.15) is 18.4 Å². The topological polar surface area (TPSA) is 95.0 Å². The Morgan fingerprint density at radius 1 is 1.03 bits per heavy atom. The third-order valence-electron chi connectivity index (χ3n) is 5.81. The van der Waals surface area contributed by atoms with Crippen molar-refractivity contribution in [3.63, 3.8) is 0 Å². The predicted octanol–water partition coefficient (Wildman–Crippen LogP) is 3.13. The fraction of sp³-hybridized carbons (Fsp3) is 0.217. The molecule has 6 nitrogen and oxygen atoms in total. The molecular formula is C23H22N4O2. The highest BCUT2D eigenvalue weighted by Crippen LogP contribution is 2.26. The van der Waals surface area contributed by atoms with Crippen molar-refractivity contribution in [2.24, 2.45) is 5.73 Å². The highest BCUT2D eigenvalue weighted by molar-refractivity contribution is 5.89. The van der Waals surface area contributed by atoms with E-state index in [1.807, 2.05) is 42.5 Å². The van der Waals surface area contributed by atoms with Gasteiger partial charge in [-0.3, -0.25) is 14.5 Å². The normalized spacial score (nSPS) is 17.3. The molecule has 1 unspecified atom stereocenters. The van der Waals surface area contributed by atoms with Crippen LogP contribution in [-0.4, -0.2) is 33.4 Å². The lowest BCUT2D eigenvalue weighted by molar-refractivity contribution is -0.122. The Morgan fingerprint density at radius 2 is 1.86 bits per heavy atom. The van der Waals surface area contributed by atoms with E-state index in [1.165, 1.54) is 0 Å². The Labute approximate surface area is 167 Å². The largest absolute Gasteiger partial charge is 0.368 e. The van der Waals surface area contributed by atoms with Crippen molar-refractivity contribution < 1.29 is 4.79 Å². The number of amides is 1. The number of carbonyl (C=O) groups excluding carboxylic acids is 1. The molecule has 2 aromatic carbocycles. The lowest BCUT2D eigenvalue weighted by atomic mass is 10.1. The van der Waals surface area contributed by atoms with E-state index >= 15 is 0 Å². The number of para-hydroxylation sites is 1. The van der Waals surface area contributed by atoms with Crippen LogP contribution in [-0.2, 0) is 11.3 Å². The lowest BCUT2D eigenvalue weighted by Gasteiger charge is -2.21. The molecule has 4 N–H and O–H groups in total. The van der Waals surface area contributed by atoms with Crippen LogP contribution in [0.4, 0.5) is 0 Å². The summed E-state index contributed by atoms with van der Waals surface area (Å²) in [7, 11) is 0. The summed E-state index contributed by atoms with van der Waals surface area (Å²) in [5, 5.41) is 2.04. The van der Waals surface area contributed by atoms with Gasteiger partial charge in [0.1, 0.15) is 0 Å². The molecular weight excluding hydrogens is 364 g/mol. The summed E-state index contributed by atoms with van der Waals surface area (Å²) in [5.74, 6) is -0.247. The Morgan fingerprint density at radius 3 is 2.72 bits per heavy atom. The number of aromatic amines is 2. The number of likely N-dealkylation sites (tertiary alicyclic amines) is 1.